The fraction of sp³-hybridized carbons (Fsp3) is 0.682. The second kappa shape index (κ2) is 7.83. The summed E-state index contributed by atoms with van der Waals surface area (Å²) in [5.74, 6) is 3.03. The lowest BCUT2D eigenvalue weighted by Crippen LogP contribution is -2.42. The number of hydrogen-bond acceptors (Lipinski definition) is 5. The van der Waals surface area contributed by atoms with Crippen LogP contribution in [0.3, 0.4) is 0 Å². The third kappa shape index (κ3) is 3.49. The predicted octanol–water partition coefficient (Wildman–Crippen LogP) is 5.79. The predicted molar refractivity (Wildman–Crippen MR) is 114 cm³/mol. The van der Waals surface area contributed by atoms with E-state index < -0.39 is 6.72 Å². The Kier molecular flexibility index (Phi) is 5.74. The van der Waals surface area contributed by atoms with Crippen LogP contribution >= 0.6 is 6.72 Å². The largest absolute Gasteiger partial charge is 0.424 e. The summed E-state index contributed by atoms with van der Waals surface area (Å²) in [6, 6.07) is 6.38. The van der Waals surface area contributed by atoms with Gasteiger partial charge in [0, 0.05) is 23.6 Å². The van der Waals surface area contributed by atoms with E-state index in [4.69, 9.17) is 25.4 Å². The molecule has 1 aromatic carbocycles. The minimum absolute atomic E-state index is 0.0664. The minimum Gasteiger partial charge on any atom is -0.424 e. The van der Waals surface area contributed by atoms with E-state index in [-0.39, 0.29) is 5.41 Å². The van der Waals surface area contributed by atoms with E-state index in [2.05, 4.69) is 19.1 Å². The van der Waals surface area contributed by atoms with Gasteiger partial charge in [-0.25, -0.2) is 0 Å². The monoisotopic (exact) mass is 422 g/mol. The summed E-state index contributed by atoms with van der Waals surface area (Å²) < 4.78 is 17.3. The van der Waals surface area contributed by atoms with E-state index in [1.54, 1.807) is 0 Å². The van der Waals surface area contributed by atoms with Crippen LogP contribution in [0.1, 0.15) is 69.9 Å². The number of carbonyl (C=O) groups excluding carboxylic acids is 1. The number of benzene rings is 1. The van der Waals surface area contributed by atoms with Gasteiger partial charge in [0.1, 0.15) is 11.5 Å². The number of fused-ring (bicyclic) bond motifs is 5. The minimum atomic E-state index is -2.74. The lowest BCUT2D eigenvalue weighted by molar-refractivity contribution is -0.129. The van der Waals surface area contributed by atoms with Gasteiger partial charge in [-0.3, -0.25) is 13.8 Å². The van der Waals surface area contributed by atoms with Crippen molar-refractivity contribution >= 4 is 24.3 Å². The van der Waals surface area contributed by atoms with E-state index >= 15 is 0 Å². The van der Waals surface area contributed by atoms with Crippen molar-refractivity contribution in [3.05, 3.63) is 29.3 Å². The number of hydrogen-bond donors (Lipinski definition) is 0. The van der Waals surface area contributed by atoms with Crippen molar-refractivity contribution in [1.82, 2.24) is 0 Å². The Morgan fingerprint density at radius 2 is 1.89 bits per heavy atom. The Morgan fingerprint density at radius 3 is 2.61 bits per heavy atom. The summed E-state index contributed by atoms with van der Waals surface area (Å²) in [4.78, 5) is 12.5. The van der Waals surface area contributed by atoms with Gasteiger partial charge in [0.25, 0.3) is 0 Å². The highest BCUT2D eigenvalue weighted by atomic mass is 32.5. The van der Waals surface area contributed by atoms with Crippen molar-refractivity contribution in [3.8, 4) is 5.75 Å². The SMILES string of the molecule is CCOP(=S)(OCC)Oc1ccc2c(c1)CCC1C2CCC2(C)C(=O)CCC12. The third-order valence-electron chi connectivity index (χ3n) is 7.20. The van der Waals surface area contributed by atoms with Crippen LogP contribution < -0.4 is 4.52 Å². The van der Waals surface area contributed by atoms with Crippen molar-refractivity contribution in [2.45, 2.75) is 65.2 Å². The van der Waals surface area contributed by atoms with Crippen LogP contribution in [-0.2, 0) is 32.1 Å². The fourth-order valence-electron chi connectivity index (χ4n) is 5.92. The smallest absolute Gasteiger partial charge is 0.380 e. The van der Waals surface area contributed by atoms with Crippen molar-refractivity contribution in [2.75, 3.05) is 13.2 Å². The van der Waals surface area contributed by atoms with Gasteiger partial charge in [-0.2, -0.15) is 0 Å². The Balaban J connectivity index is 1.56. The molecule has 4 rings (SSSR count). The molecule has 28 heavy (non-hydrogen) atoms. The molecule has 0 saturated heterocycles. The summed E-state index contributed by atoms with van der Waals surface area (Å²) in [6.45, 7) is 4.25. The summed E-state index contributed by atoms with van der Waals surface area (Å²) in [7, 11) is 0. The van der Waals surface area contributed by atoms with Crippen LogP contribution in [0.25, 0.3) is 0 Å². The molecule has 4 nitrogen and oxygen atoms in total. The molecule has 2 fully saturated rings. The van der Waals surface area contributed by atoms with E-state index in [0.29, 0.717) is 36.8 Å². The molecule has 4 atom stereocenters. The molecule has 0 heterocycles. The second-order valence-electron chi connectivity index (χ2n) is 8.57. The van der Waals surface area contributed by atoms with Crippen LogP contribution in [0.4, 0.5) is 0 Å². The van der Waals surface area contributed by atoms with E-state index in [9.17, 15) is 4.79 Å². The van der Waals surface area contributed by atoms with Gasteiger partial charge in [-0.1, -0.05) is 13.0 Å². The lowest BCUT2D eigenvalue weighted by atomic mass is 9.55. The van der Waals surface area contributed by atoms with Crippen LogP contribution in [-0.4, -0.2) is 19.0 Å². The van der Waals surface area contributed by atoms with Gasteiger partial charge < -0.3 is 4.52 Å². The topological polar surface area (TPSA) is 44.8 Å². The van der Waals surface area contributed by atoms with Gasteiger partial charge in [-0.05, 0) is 87.0 Å². The van der Waals surface area contributed by atoms with Gasteiger partial charge in [0.05, 0.1) is 13.2 Å². The molecule has 2 saturated carbocycles. The number of ketones is 1. The molecular formula is C22H31O4PS. The molecule has 0 bridgehead atoms. The molecule has 3 aliphatic rings. The molecule has 0 aromatic heterocycles. The van der Waals surface area contributed by atoms with Crippen molar-refractivity contribution < 1.29 is 18.4 Å². The van der Waals surface area contributed by atoms with E-state index in [1.807, 2.05) is 19.9 Å². The molecule has 154 valence electrons. The average Bonchev–Trinajstić information content (AvgIpc) is 2.96. The number of carbonyl (C=O) groups is 1. The number of rotatable bonds is 6. The van der Waals surface area contributed by atoms with E-state index in [0.717, 1.165) is 37.9 Å². The van der Waals surface area contributed by atoms with Crippen LogP contribution in [0.5, 0.6) is 5.75 Å². The molecule has 1 aromatic rings. The maximum Gasteiger partial charge on any atom is 0.380 e. The normalized spacial score (nSPS) is 31.8. The first-order valence-corrected chi connectivity index (χ1v) is 13.2. The zero-order valence-electron chi connectivity index (χ0n) is 17.1. The van der Waals surface area contributed by atoms with Crippen molar-refractivity contribution in [2.24, 2.45) is 17.3 Å². The van der Waals surface area contributed by atoms with Crippen molar-refractivity contribution in [3.63, 3.8) is 0 Å². The van der Waals surface area contributed by atoms with Gasteiger partial charge in [0.15, 0.2) is 0 Å². The zero-order valence-corrected chi connectivity index (χ0v) is 18.8. The second-order valence-corrected chi connectivity index (χ2v) is 11.5. The first-order chi connectivity index (χ1) is 13.4. The summed E-state index contributed by atoms with van der Waals surface area (Å²) >= 11 is 5.52. The van der Waals surface area contributed by atoms with Gasteiger partial charge in [-0.15, -0.1) is 0 Å². The first kappa shape index (κ1) is 20.5. The standard InChI is InChI=1S/C22H31O4PS/c1-4-24-27(28,25-5-2)26-16-7-9-17-15(14-16)6-8-19-18(17)12-13-22(3)20(19)10-11-21(22)23/h7,9,14,18-20H,4-6,8,10-13H2,1-3H3. The maximum absolute atomic E-state index is 12.5. The number of Topliss-reactive ketones (excluding diaryl/α,β-unsaturated/α-hetero) is 1. The molecular weight excluding hydrogens is 391 g/mol. The summed E-state index contributed by atoms with van der Waals surface area (Å²) in [5.41, 5.74) is 2.75. The lowest BCUT2D eigenvalue weighted by Gasteiger charge is -2.48. The van der Waals surface area contributed by atoms with Gasteiger partial charge >= 0.3 is 6.72 Å². The molecule has 0 aliphatic heterocycles. The van der Waals surface area contributed by atoms with Crippen LogP contribution in [0, 0.1) is 17.3 Å². The molecule has 0 spiro atoms. The summed E-state index contributed by atoms with van der Waals surface area (Å²) in [6.07, 6.45) is 6.22. The average molecular weight is 423 g/mol. The fourth-order valence-corrected chi connectivity index (χ4v) is 8.00. The van der Waals surface area contributed by atoms with Crippen molar-refractivity contribution in [1.29, 1.82) is 0 Å². The molecule has 3 aliphatic carbocycles. The summed E-state index contributed by atoms with van der Waals surface area (Å²) in [5, 5.41) is 0. The Labute approximate surface area is 173 Å². The molecule has 0 amide bonds. The van der Waals surface area contributed by atoms with Gasteiger partial charge in [0.2, 0.25) is 0 Å². The Hall–Kier alpha value is -0.740. The zero-order chi connectivity index (χ0) is 19.9. The first-order valence-electron chi connectivity index (χ1n) is 10.6. The third-order valence-corrected chi connectivity index (χ3v) is 9.64. The maximum atomic E-state index is 12.5. The highest BCUT2D eigenvalue weighted by molar-refractivity contribution is 8.07. The van der Waals surface area contributed by atoms with Crippen LogP contribution in [0.15, 0.2) is 18.2 Å². The highest BCUT2D eigenvalue weighted by Crippen LogP contribution is 2.60. The highest BCUT2D eigenvalue weighted by Gasteiger charge is 2.54. The molecule has 0 N–H and O–H groups in total. The van der Waals surface area contributed by atoms with E-state index in [1.165, 1.54) is 17.5 Å². The Bertz CT molecular complexity index is 800. The molecule has 6 heteroatoms. The van der Waals surface area contributed by atoms with Crippen LogP contribution in [0.2, 0.25) is 0 Å². The quantitative estimate of drug-likeness (QED) is 0.543. The molecule has 4 unspecified atom stereocenters. The number of aryl methyl sites for hydroxylation is 1. The Morgan fingerprint density at radius 1 is 1.14 bits per heavy atom. The molecule has 0 radical (unpaired) electrons.